The first kappa shape index (κ1) is 16.8. The normalized spacial score (nSPS) is 19.3. The third kappa shape index (κ3) is 3.00. The van der Waals surface area contributed by atoms with E-state index in [1.54, 1.807) is 29.2 Å². The van der Waals surface area contributed by atoms with Crippen molar-refractivity contribution in [2.45, 2.75) is 37.8 Å². The van der Waals surface area contributed by atoms with E-state index in [4.69, 9.17) is 4.42 Å². The molecule has 0 radical (unpaired) electrons. The number of rotatable bonds is 3. The summed E-state index contributed by atoms with van der Waals surface area (Å²) in [7, 11) is 0. The summed E-state index contributed by atoms with van der Waals surface area (Å²) in [4.78, 5) is 28.7. The van der Waals surface area contributed by atoms with E-state index >= 15 is 0 Å². The molecule has 0 unspecified atom stereocenters. The molecule has 0 aliphatic carbocycles. The highest BCUT2D eigenvalue weighted by Gasteiger charge is 2.47. The molecule has 2 aliphatic heterocycles. The van der Waals surface area contributed by atoms with Gasteiger partial charge in [0.15, 0.2) is 5.76 Å². The van der Waals surface area contributed by atoms with Gasteiger partial charge in [0.25, 0.3) is 5.91 Å². The number of likely N-dealkylation sites (tertiary alicyclic amines) is 2. The summed E-state index contributed by atoms with van der Waals surface area (Å²) in [6, 6.07) is 9.68. The van der Waals surface area contributed by atoms with Crippen LogP contribution < -0.4 is 0 Å². The molecule has 3 heterocycles. The summed E-state index contributed by atoms with van der Waals surface area (Å²) in [5, 5.41) is 0. The summed E-state index contributed by atoms with van der Waals surface area (Å²) in [5.41, 5.74) is 0.723. The van der Waals surface area contributed by atoms with Crippen LogP contribution in [0.25, 0.3) is 0 Å². The fourth-order valence-electron chi connectivity index (χ4n) is 4.10. The molecule has 2 aromatic rings. The van der Waals surface area contributed by atoms with E-state index in [1.165, 1.54) is 18.4 Å². The van der Waals surface area contributed by atoms with Gasteiger partial charge in [0.05, 0.1) is 6.26 Å². The number of amides is 2. The summed E-state index contributed by atoms with van der Waals surface area (Å²) in [5.74, 6) is 0.118. The third-order valence-electron chi connectivity index (χ3n) is 5.65. The number of piperidine rings is 1. The lowest BCUT2D eigenvalue weighted by molar-refractivity contribution is -0.133. The minimum absolute atomic E-state index is 0.0979. The van der Waals surface area contributed by atoms with Crippen molar-refractivity contribution in [3.63, 3.8) is 0 Å². The van der Waals surface area contributed by atoms with E-state index < -0.39 is 0 Å². The predicted octanol–water partition coefficient (Wildman–Crippen LogP) is 3.22. The lowest BCUT2D eigenvalue weighted by Gasteiger charge is -2.45. The molecule has 0 N–H and O–H groups in total. The maximum Gasteiger partial charge on any atom is 0.289 e. The Morgan fingerprint density at radius 2 is 1.85 bits per heavy atom. The van der Waals surface area contributed by atoms with Crippen molar-refractivity contribution in [2.75, 3.05) is 13.1 Å². The molecule has 6 heteroatoms. The van der Waals surface area contributed by atoms with E-state index in [0.717, 1.165) is 24.8 Å². The molecule has 0 bridgehead atoms. The Hall–Kier alpha value is -2.63. The Bertz CT molecular complexity index is 793. The molecular formula is C20H21FN2O3. The molecule has 1 spiro atoms. The van der Waals surface area contributed by atoms with Crippen molar-refractivity contribution < 1.29 is 18.4 Å². The Balaban J connectivity index is 1.46. The molecule has 136 valence electrons. The number of hydrogen-bond donors (Lipinski definition) is 0. The van der Waals surface area contributed by atoms with Crippen molar-refractivity contribution >= 4 is 11.8 Å². The first-order chi connectivity index (χ1) is 12.6. The van der Waals surface area contributed by atoms with E-state index in [1.807, 2.05) is 4.90 Å². The number of benzene rings is 1. The van der Waals surface area contributed by atoms with E-state index in [-0.39, 0.29) is 23.2 Å². The largest absolute Gasteiger partial charge is 0.459 e. The molecule has 0 atom stereocenters. The van der Waals surface area contributed by atoms with Gasteiger partial charge in [-0.05, 0) is 49.1 Å². The first-order valence-electron chi connectivity index (χ1n) is 8.95. The van der Waals surface area contributed by atoms with Gasteiger partial charge in [-0.15, -0.1) is 0 Å². The lowest BCUT2D eigenvalue weighted by atomic mass is 9.84. The van der Waals surface area contributed by atoms with Gasteiger partial charge in [0, 0.05) is 31.6 Å². The molecule has 2 fully saturated rings. The second-order valence-electron chi connectivity index (χ2n) is 7.10. The molecule has 26 heavy (non-hydrogen) atoms. The Labute approximate surface area is 151 Å². The molecule has 5 nitrogen and oxygen atoms in total. The van der Waals surface area contributed by atoms with Crippen LogP contribution in [0.2, 0.25) is 0 Å². The molecule has 1 aromatic carbocycles. The number of carbonyl (C=O) groups is 2. The molecule has 2 amide bonds. The standard InChI is InChI=1S/C20H21FN2O3/c21-16-5-3-15(4-6-16)14-23-18(24)7-8-20(23)9-11-22(12-10-20)19(25)17-2-1-13-26-17/h1-6,13H,7-12,14H2. The van der Waals surface area contributed by atoms with Gasteiger partial charge in [-0.3, -0.25) is 9.59 Å². The van der Waals surface area contributed by atoms with Crippen LogP contribution in [0.15, 0.2) is 47.1 Å². The highest BCUT2D eigenvalue weighted by molar-refractivity contribution is 5.91. The van der Waals surface area contributed by atoms with E-state index in [2.05, 4.69) is 0 Å². The average Bonchev–Trinajstić information content (AvgIpc) is 3.29. The summed E-state index contributed by atoms with van der Waals surface area (Å²) in [6.45, 7) is 1.70. The zero-order chi connectivity index (χ0) is 18.1. The van der Waals surface area contributed by atoms with Gasteiger partial charge in [-0.2, -0.15) is 0 Å². The quantitative estimate of drug-likeness (QED) is 0.849. The van der Waals surface area contributed by atoms with Crippen molar-refractivity contribution in [3.05, 3.63) is 59.8 Å². The maximum atomic E-state index is 13.1. The number of carbonyl (C=O) groups excluding carboxylic acids is 2. The predicted molar refractivity (Wildman–Crippen MR) is 92.8 cm³/mol. The zero-order valence-corrected chi connectivity index (χ0v) is 14.5. The van der Waals surface area contributed by atoms with E-state index in [9.17, 15) is 14.0 Å². The van der Waals surface area contributed by atoms with Gasteiger partial charge in [-0.25, -0.2) is 4.39 Å². The maximum absolute atomic E-state index is 13.1. The van der Waals surface area contributed by atoms with Gasteiger partial charge >= 0.3 is 0 Å². The van der Waals surface area contributed by atoms with Crippen LogP contribution in [0.1, 0.15) is 41.8 Å². The number of hydrogen-bond acceptors (Lipinski definition) is 3. The third-order valence-corrected chi connectivity index (χ3v) is 5.65. The molecule has 0 saturated carbocycles. The SMILES string of the molecule is O=C(c1ccco1)N1CCC2(CCC(=O)N2Cc2ccc(F)cc2)CC1. The van der Waals surface area contributed by atoms with Gasteiger partial charge in [0.1, 0.15) is 5.82 Å². The number of nitrogens with zero attached hydrogens (tertiary/aromatic N) is 2. The summed E-state index contributed by atoms with van der Waals surface area (Å²) < 4.78 is 18.3. The van der Waals surface area contributed by atoms with Crippen LogP contribution in [0.3, 0.4) is 0 Å². The van der Waals surface area contributed by atoms with E-state index in [0.29, 0.717) is 31.8 Å². The summed E-state index contributed by atoms with van der Waals surface area (Å²) in [6.07, 6.45) is 4.36. The zero-order valence-electron chi connectivity index (χ0n) is 14.5. The smallest absolute Gasteiger partial charge is 0.289 e. The van der Waals surface area contributed by atoms with Crippen LogP contribution in [0.5, 0.6) is 0 Å². The molecule has 2 saturated heterocycles. The van der Waals surface area contributed by atoms with Gasteiger partial charge in [-0.1, -0.05) is 12.1 Å². The van der Waals surface area contributed by atoms with Crippen LogP contribution in [0, 0.1) is 5.82 Å². The van der Waals surface area contributed by atoms with Gasteiger partial charge in [0.2, 0.25) is 5.91 Å². The number of halogens is 1. The van der Waals surface area contributed by atoms with Crippen LogP contribution in [-0.2, 0) is 11.3 Å². The second-order valence-corrected chi connectivity index (χ2v) is 7.10. The topological polar surface area (TPSA) is 53.8 Å². The van der Waals surface area contributed by atoms with Crippen molar-refractivity contribution in [1.29, 1.82) is 0 Å². The highest BCUT2D eigenvalue weighted by atomic mass is 19.1. The average molecular weight is 356 g/mol. The minimum atomic E-state index is -0.277. The molecule has 1 aromatic heterocycles. The molecule has 2 aliphatic rings. The lowest BCUT2D eigenvalue weighted by Crippen LogP contribution is -2.53. The Kier molecular flexibility index (Phi) is 4.26. The fourth-order valence-corrected chi connectivity index (χ4v) is 4.10. The highest BCUT2D eigenvalue weighted by Crippen LogP contribution is 2.40. The molecule has 4 rings (SSSR count). The van der Waals surface area contributed by atoms with Gasteiger partial charge < -0.3 is 14.2 Å². The van der Waals surface area contributed by atoms with Crippen molar-refractivity contribution in [2.24, 2.45) is 0 Å². The van der Waals surface area contributed by atoms with Crippen molar-refractivity contribution in [1.82, 2.24) is 9.80 Å². The minimum Gasteiger partial charge on any atom is -0.459 e. The number of furan rings is 1. The van der Waals surface area contributed by atoms with Crippen LogP contribution >= 0.6 is 0 Å². The fraction of sp³-hybridized carbons (Fsp3) is 0.400. The Morgan fingerprint density at radius 1 is 1.12 bits per heavy atom. The first-order valence-corrected chi connectivity index (χ1v) is 8.95. The molecular weight excluding hydrogens is 335 g/mol. The monoisotopic (exact) mass is 356 g/mol. The Morgan fingerprint density at radius 3 is 2.50 bits per heavy atom. The van der Waals surface area contributed by atoms with Crippen LogP contribution in [-0.4, -0.2) is 40.2 Å². The van der Waals surface area contributed by atoms with Crippen molar-refractivity contribution in [3.8, 4) is 0 Å². The second kappa shape index (κ2) is 6.59. The summed E-state index contributed by atoms with van der Waals surface area (Å²) >= 11 is 0. The van der Waals surface area contributed by atoms with Crippen LogP contribution in [0.4, 0.5) is 4.39 Å².